The highest BCUT2D eigenvalue weighted by molar-refractivity contribution is 8.00. The lowest BCUT2D eigenvalue weighted by atomic mass is 10.3. The maximum absolute atomic E-state index is 11.5. The molecule has 1 N–H and O–H groups in total. The highest BCUT2D eigenvalue weighted by Crippen LogP contribution is 2.34. The van der Waals surface area contributed by atoms with Crippen LogP contribution in [0.1, 0.15) is 0 Å². The van der Waals surface area contributed by atoms with Gasteiger partial charge >= 0.3 is 0 Å². The Morgan fingerprint density at radius 2 is 2.29 bits per heavy atom. The van der Waals surface area contributed by atoms with Gasteiger partial charge in [0, 0.05) is 11.8 Å². The summed E-state index contributed by atoms with van der Waals surface area (Å²) in [4.78, 5) is 11.5. The van der Waals surface area contributed by atoms with Crippen LogP contribution in [0.15, 0.2) is 18.2 Å². The minimum atomic E-state index is -0.135. The smallest absolute Gasteiger partial charge is 0.234 e. The van der Waals surface area contributed by atoms with Crippen molar-refractivity contribution >= 4 is 23.4 Å². The van der Waals surface area contributed by atoms with Gasteiger partial charge in [0.25, 0.3) is 0 Å². The van der Waals surface area contributed by atoms with Gasteiger partial charge in [-0.3, -0.25) is 4.79 Å². The first-order valence-electron chi connectivity index (χ1n) is 4.94. The van der Waals surface area contributed by atoms with Gasteiger partial charge in [-0.15, -0.1) is 11.8 Å². The molecule has 1 aliphatic rings. The van der Waals surface area contributed by atoms with Gasteiger partial charge in [-0.1, -0.05) is 0 Å². The van der Waals surface area contributed by atoms with E-state index in [9.17, 15) is 4.79 Å². The molecule has 2 rings (SSSR count). The van der Waals surface area contributed by atoms with E-state index in [1.54, 1.807) is 18.2 Å². The Labute approximate surface area is 103 Å². The molecule has 0 aliphatic carbocycles. The third-order valence-corrected chi connectivity index (χ3v) is 2.86. The molecule has 88 valence electrons. The average molecular weight is 250 g/mol. The summed E-state index contributed by atoms with van der Waals surface area (Å²) in [7, 11) is 0. The van der Waals surface area contributed by atoms with E-state index < -0.39 is 0 Å². The van der Waals surface area contributed by atoms with Gasteiger partial charge in [0.15, 0.2) is 11.5 Å². The van der Waals surface area contributed by atoms with Crippen molar-refractivity contribution in [3.8, 4) is 17.6 Å². The van der Waals surface area contributed by atoms with E-state index in [4.69, 9.17) is 14.7 Å². The lowest BCUT2D eigenvalue weighted by Gasteiger charge is -2.05. The van der Waals surface area contributed by atoms with Gasteiger partial charge in [0.1, 0.15) is 0 Å². The second-order valence-corrected chi connectivity index (χ2v) is 4.25. The minimum absolute atomic E-state index is 0.135. The monoisotopic (exact) mass is 250 g/mol. The van der Waals surface area contributed by atoms with Crippen LogP contribution < -0.4 is 14.8 Å². The van der Waals surface area contributed by atoms with E-state index in [2.05, 4.69) is 5.32 Å². The van der Waals surface area contributed by atoms with E-state index in [-0.39, 0.29) is 18.5 Å². The SMILES string of the molecule is N#CCSCC(=O)Nc1ccc2c(c1)OCO2. The number of anilines is 1. The van der Waals surface area contributed by atoms with Crippen molar-refractivity contribution in [1.82, 2.24) is 0 Å². The third-order valence-electron chi connectivity index (χ3n) is 2.06. The first-order chi connectivity index (χ1) is 8.29. The van der Waals surface area contributed by atoms with Gasteiger partial charge in [-0.25, -0.2) is 0 Å². The van der Waals surface area contributed by atoms with E-state index >= 15 is 0 Å². The Bertz CT molecular complexity index is 470. The number of carbonyl (C=O) groups is 1. The zero-order chi connectivity index (χ0) is 12.1. The van der Waals surface area contributed by atoms with Gasteiger partial charge in [0.2, 0.25) is 12.7 Å². The third kappa shape index (κ3) is 3.04. The zero-order valence-corrected chi connectivity index (χ0v) is 9.75. The first-order valence-corrected chi connectivity index (χ1v) is 6.09. The number of nitrogens with one attached hydrogen (secondary N) is 1. The Kier molecular flexibility index (Phi) is 3.73. The summed E-state index contributed by atoms with van der Waals surface area (Å²) in [6, 6.07) is 7.19. The summed E-state index contributed by atoms with van der Waals surface area (Å²) in [5.74, 6) is 1.76. The predicted octanol–water partition coefficient (Wildman–Crippen LogP) is 1.61. The van der Waals surface area contributed by atoms with Crippen LogP contribution in [-0.4, -0.2) is 24.2 Å². The summed E-state index contributed by atoms with van der Waals surface area (Å²) < 4.78 is 10.4. The van der Waals surface area contributed by atoms with Crippen LogP contribution in [0.4, 0.5) is 5.69 Å². The molecule has 1 heterocycles. The Hall–Kier alpha value is -1.87. The number of carbonyl (C=O) groups excluding carboxylic acids is 1. The lowest BCUT2D eigenvalue weighted by Crippen LogP contribution is -2.14. The maximum atomic E-state index is 11.5. The summed E-state index contributed by atoms with van der Waals surface area (Å²) in [6.45, 7) is 0.213. The minimum Gasteiger partial charge on any atom is -0.454 e. The quantitative estimate of drug-likeness (QED) is 0.822. The van der Waals surface area contributed by atoms with E-state index in [0.29, 0.717) is 22.9 Å². The Morgan fingerprint density at radius 3 is 3.12 bits per heavy atom. The molecule has 0 aromatic heterocycles. The highest BCUT2D eigenvalue weighted by atomic mass is 32.2. The van der Waals surface area contributed by atoms with Crippen molar-refractivity contribution in [1.29, 1.82) is 5.26 Å². The van der Waals surface area contributed by atoms with E-state index in [1.807, 2.05) is 6.07 Å². The van der Waals surface area contributed by atoms with Gasteiger partial charge in [0.05, 0.1) is 17.6 Å². The summed E-state index contributed by atoms with van der Waals surface area (Å²) in [5.41, 5.74) is 0.664. The largest absolute Gasteiger partial charge is 0.454 e. The summed E-state index contributed by atoms with van der Waals surface area (Å²) in [5, 5.41) is 11.1. The molecule has 0 atom stereocenters. The Balaban J connectivity index is 1.91. The molecule has 0 saturated carbocycles. The Morgan fingerprint density at radius 1 is 1.47 bits per heavy atom. The van der Waals surface area contributed by atoms with Crippen molar-refractivity contribution in [2.45, 2.75) is 0 Å². The zero-order valence-electron chi connectivity index (χ0n) is 8.93. The predicted molar refractivity (Wildman–Crippen MR) is 64.1 cm³/mol. The maximum Gasteiger partial charge on any atom is 0.234 e. The molecule has 0 saturated heterocycles. The van der Waals surface area contributed by atoms with Crippen LogP contribution in [0.3, 0.4) is 0 Å². The standard InChI is InChI=1S/C11H10N2O3S/c12-3-4-17-6-11(14)13-8-1-2-9-10(5-8)16-7-15-9/h1-2,5H,4,6-7H2,(H,13,14). The van der Waals surface area contributed by atoms with Gasteiger partial charge in [-0.05, 0) is 12.1 Å². The van der Waals surface area contributed by atoms with Crippen LogP contribution >= 0.6 is 11.8 Å². The molecule has 1 aliphatic heterocycles. The highest BCUT2D eigenvalue weighted by Gasteiger charge is 2.13. The molecule has 0 radical (unpaired) electrons. The molecular formula is C11H10N2O3S. The fourth-order valence-corrected chi connectivity index (χ4v) is 1.81. The number of ether oxygens (including phenoxy) is 2. The van der Waals surface area contributed by atoms with Crippen LogP contribution in [0, 0.1) is 11.3 Å². The molecule has 17 heavy (non-hydrogen) atoms. The average Bonchev–Trinajstić information content (AvgIpc) is 2.76. The van der Waals surface area contributed by atoms with Crippen LogP contribution in [0.25, 0.3) is 0 Å². The molecule has 0 bridgehead atoms. The normalized spacial score (nSPS) is 11.9. The first kappa shape index (κ1) is 11.6. The number of rotatable bonds is 4. The van der Waals surface area contributed by atoms with E-state index in [0.717, 1.165) is 0 Å². The second kappa shape index (κ2) is 5.46. The summed E-state index contributed by atoms with van der Waals surface area (Å²) in [6.07, 6.45) is 0. The molecule has 1 amide bonds. The lowest BCUT2D eigenvalue weighted by molar-refractivity contribution is -0.113. The van der Waals surface area contributed by atoms with Gasteiger partial charge < -0.3 is 14.8 Å². The molecule has 0 unspecified atom stereocenters. The summed E-state index contributed by atoms with van der Waals surface area (Å²) >= 11 is 1.28. The molecule has 6 heteroatoms. The number of fused-ring (bicyclic) bond motifs is 1. The number of benzene rings is 1. The fourth-order valence-electron chi connectivity index (χ4n) is 1.36. The number of hydrogen-bond acceptors (Lipinski definition) is 5. The van der Waals surface area contributed by atoms with Crippen molar-refractivity contribution < 1.29 is 14.3 Å². The molecule has 0 spiro atoms. The van der Waals surface area contributed by atoms with Crippen molar-refractivity contribution in [2.75, 3.05) is 23.6 Å². The number of nitrogens with zero attached hydrogens (tertiary/aromatic N) is 1. The van der Waals surface area contributed by atoms with Gasteiger partial charge in [-0.2, -0.15) is 5.26 Å². The van der Waals surface area contributed by atoms with Crippen molar-refractivity contribution in [3.05, 3.63) is 18.2 Å². The van der Waals surface area contributed by atoms with Crippen molar-refractivity contribution in [2.24, 2.45) is 0 Å². The van der Waals surface area contributed by atoms with Crippen LogP contribution in [0.5, 0.6) is 11.5 Å². The molecule has 5 nitrogen and oxygen atoms in total. The topological polar surface area (TPSA) is 71.4 Å². The van der Waals surface area contributed by atoms with Crippen molar-refractivity contribution in [3.63, 3.8) is 0 Å². The number of hydrogen-bond donors (Lipinski definition) is 1. The molecule has 0 fully saturated rings. The second-order valence-electron chi connectivity index (χ2n) is 3.27. The molecule has 1 aromatic carbocycles. The molecule has 1 aromatic rings. The van der Waals surface area contributed by atoms with E-state index in [1.165, 1.54) is 11.8 Å². The van der Waals surface area contributed by atoms with Crippen LogP contribution in [-0.2, 0) is 4.79 Å². The number of thioether (sulfide) groups is 1. The fraction of sp³-hybridized carbons (Fsp3) is 0.273. The number of amides is 1. The number of nitriles is 1. The van der Waals surface area contributed by atoms with Crippen LogP contribution in [0.2, 0.25) is 0 Å². The molecular weight excluding hydrogens is 240 g/mol.